The molecule has 0 unspecified atom stereocenters. The minimum atomic E-state index is -0.513. The van der Waals surface area contributed by atoms with Gasteiger partial charge in [0.25, 0.3) is 0 Å². The average Bonchev–Trinajstić information content (AvgIpc) is 2.52. The van der Waals surface area contributed by atoms with E-state index >= 15 is 0 Å². The van der Waals surface area contributed by atoms with Crippen molar-refractivity contribution in [1.29, 1.82) is 0 Å². The smallest absolute Gasteiger partial charge is 0.247 e. The monoisotopic (exact) mass is 346 g/mol. The van der Waals surface area contributed by atoms with E-state index in [0.717, 1.165) is 21.5 Å². The van der Waals surface area contributed by atoms with Gasteiger partial charge in [0.15, 0.2) is 0 Å². The highest BCUT2D eigenvalue weighted by Gasteiger charge is 2.46. The second-order valence-corrected chi connectivity index (χ2v) is 5.85. The number of halogens is 1. The Morgan fingerprint density at radius 1 is 1.19 bits per heavy atom. The van der Waals surface area contributed by atoms with Crippen LogP contribution in [-0.4, -0.2) is 19.1 Å². The molecule has 1 saturated heterocycles. The fourth-order valence-electron chi connectivity index (χ4n) is 2.58. The quantitative estimate of drug-likeness (QED) is 0.869. The van der Waals surface area contributed by atoms with Crippen LogP contribution in [0.25, 0.3) is 0 Å². The molecule has 108 valence electrons. The average molecular weight is 347 g/mol. The van der Waals surface area contributed by atoms with E-state index in [2.05, 4.69) is 15.9 Å². The molecule has 2 aromatic carbocycles. The number of hydrogen-bond donors (Lipinski definition) is 1. The number of β-lactam (4-membered cyclic amide) rings is 1. The maximum atomic E-state index is 12.1. The first-order valence-corrected chi connectivity index (χ1v) is 7.39. The molecule has 2 atom stereocenters. The van der Waals surface area contributed by atoms with Crippen LogP contribution >= 0.6 is 15.9 Å². The number of carbonyl (C=O) groups is 1. The highest BCUT2D eigenvalue weighted by Crippen LogP contribution is 2.39. The van der Waals surface area contributed by atoms with Crippen LogP contribution in [0.3, 0.4) is 0 Å². The number of hydrogen-bond acceptors (Lipinski definition) is 3. The Balaban J connectivity index is 1.96. The van der Waals surface area contributed by atoms with Gasteiger partial charge in [-0.15, -0.1) is 0 Å². The van der Waals surface area contributed by atoms with Gasteiger partial charge >= 0.3 is 0 Å². The minimum Gasteiger partial charge on any atom is -0.497 e. The predicted octanol–water partition coefficient (Wildman–Crippen LogP) is 2.87. The Kier molecular flexibility index (Phi) is 3.69. The van der Waals surface area contributed by atoms with Crippen molar-refractivity contribution >= 4 is 27.5 Å². The molecule has 0 spiro atoms. The number of benzene rings is 2. The number of ether oxygens (including phenoxy) is 1. The first-order chi connectivity index (χ1) is 10.1. The fraction of sp³-hybridized carbons (Fsp3) is 0.188. The Morgan fingerprint density at radius 2 is 1.90 bits per heavy atom. The summed E-state index contributed by atoms with van der Waals surface area (Å²) in [7, 11) is 1.62. The van der Waals surface area contributed by atoms with E-state index in [1.165, 1.54) is 0 Å². The summed E-state index contributed by atoms with van der Waals surface area (Å²) in [6.07, 6.45) is 0. The van der Waals surface area contributed by atoms with Crippen LogP contribution in [-0.2, 0) is 4.79 Å². The maximum Gasteiger partial charge on any atom is 0.247 e. The van der Waals surface area contributed by atoms with Crippen LogP contribution in [0.1, 0.15) is 11.6 Å². The molecule has 2 N–H and O–H groups in total. The van der Waals surface area contributed by atoms with E-state index in [1.807, 2.05) is 48.5 Å². The molecule has 2 aromatic rings. The van der Waals surface area contributed by atoms with Crippen LogP contribution in [0.5, 0.6) is 5.75 Å². The van der Waals surface area contributed by atoms with Crippen molar-refractivity contribution in [3.8, 4) is 5.75 Å². The SMILES string of the molecule is COc1cccc([C@@H]2[C@H](N)C(=O)N2c2ccc(Br)cc2)c1. The van der Waals surface area contributed by atoms with Crippen molar-refractivity contribution in [2.24, 2.45) is 5.73 Å². The molecule has 5 heteroatoms. The van der Waals surface area contributed by atoms with Crippen LogP contribution in [0, 0.1) is 0 Å². The van der Waals surface area contributed by atoms with Gasteiger partial charge in [0.05, 0.1) is 13.2 Å². The van der Waals surface area contributed by atoms with Crippen LogP contribution in [0.15, 0.2) is 53.0 Å². The van der Waals surface area contributed by atoms with Gasteiger partial charge in [-0.25, -0.2) is 0 Å². The van der Waals surface area contributed by atoms with Crippen molar-refractivity contribution in [3.05, 3.63) is 58.6 Å². The van der Waals surface area contributed by atoms with Crippen molar-refractivity contribution in [2.75, 3.05) is 12.0 Å². The molecular formula is C16H15BrN2O2. The van der Waals surface area contributed by atoms with E-state index in [9.17, 15) is 4.79 Å². The lowest BCUT2D eigenvalue weighted by Gasteiger charge is -2.45. The largest absolute Gasteiger partial charge is 0.497 e. The molecule has 4 nitrogen and oxygen atoms in total. The lowest BCUT2D eigenvalue weighted by atomic mass is 9.88. The van der Waals surface area contributed by atoms with Gasteiger partial charge in [0.1, 0.15) is 11.8 Å². The maximum absolute atomic E-state index is 12.1. The zero-order valence-electron chi connectivity index (χ0n) is 11.5. The Morgan fingerprint density at radius 3 is 2.57 bits per heavy atom. The number of rotatable bonds is 3. The van der Waals surface area contributed by atoms with Crippen molar-refractivity contribution in [3.63, 3.8) is 0 Å². The second kappa shape index (κ2) is 5.50. The second-order valence-electron chi connectivity index (χ2n) is 4.93. The molecule has 0 radical (unpaired) electrons. The van der Waals surface area contributed by atoms with Crippen molar-refractivity contribution < 1.29 is 9.53 Å². The Hall–Kier alpha value is -1.85. The zero-order chi connectivity index (χ0) is 15.0. The van der Waals surface area contributed by atoms with Gasteiger partial charge in [-0.2, -0.15) is 0 Å². The molecule has 0 aromatic heterocycles. The molecule has 1 heterocycles. The summed E-state index contributed by atoms with van der Waals surface area (Å²) >= 11 is 3.40. The molecule has 1 fully saturated rings. The topological polar surface area (TPSA) is 55.6 Å². The van der Waals surface area contributed by atoms with E-state index in [0.29, 0.717) is 0 Å². The number of nitrogens with zero attached hydrogens (tertiary/aromatic N) is 1. The third-order valence-corrected chi connectivity index (χ3v) is 4.21. The lowest BCUT2D eigenvalue weighted by molar-refractivity contribution is -0.126. The zero-order valence-corrected chi connectivity index (χ0v) is 13.1. The molecule has 0 bridgehead atoms. The third kappa shape index (κ3) is 2.43. The number of nitrogens with two attached hydrogens (primary N) is 1. The van der Waals surface area contributed by atoms with Crippen LogP contribution < -0.4 is 15.4 Å². The lowest BCUT2D eigenvalue weighted by Crippen LogP contribution is -2.63. The Bertz CT molecular complexity index is 672. The van der Waals surface area contributed by atoms with Gasteiger partial charge in [-0.3, -0.25) is 4.79 Å². The van der Waals surface area contributed by atoms with Crippen molar-refractivity contribution in [1.82, 2.24) is 0 Å². The third-order valence-electron chi connectivity index (χ3n) is 3.68. The molecule has 1 aliphatic rings. The fourth-order valence-corrected chi connectivity index (χ4v) is 2.85. The molecular weight excluding hydrogens is 332 g/mol. The predicted molar refractivity (Wildman–Crippen MR) is 85.3 cm³/mol. The highest BCUT2D eigenvalue weighted by molar-refractivity contribution is 9.10. The first kappa shape index (κ1) is 14.1. The van der Waals surface area contributed by atoms with Gasteiger partial charge < -0.3 is 15.4 Å². The summed E-state index contributed by atoms with van der Waals surface area (Å²) in [5.41, 5.74) is 7.83. The summed E-state index contributed by atoms with van der Waals surface area (Å²) in [5.74, 6) is 0.694. The van der Waals surface area contributed by atoms with Crippen LogP contribution in [0.2, 0.25) is 0 Å². The molecule has 0 aliphatic carbocycles. The van der Waals surface area contributed by atoms with Crippen molar-refractivity contribution in [2.45, 2.75) is 12.1 Å². The minimum absolute atomic E-state index is 0.0647. The summed E-state index contributed by atoms with van der Waals surface area (Å²) < 4.78 is 6.22. The van der Waals surface area contributed by atoms with E-state index in [1.54, 1.807) is 12.0 Å². The molecule has 3 rings (SSSR count). The van der Waals surface area contributed by atoms with E-state index < -0.39 is 6.04 Å². The number of amides is 1. The van der Waals surface area contributed by atoms with Gasteiger partial charge in [0, 0.05) is 10.2 Å². The van der Waals surface area contributed by atoms with Gasteiger partial charge in [-0.05, 0) is 42.0 Å². The van der Waals surface area contributed by atoms with Crippen LogP contribution in [0.4, 0.5) is 5.69 Å². The number of methoxy groups -OCH3 is 1. The summed E-state index contributed by atoms with van der Waals surface area (Å²) in [6, 6.07) is 14.6. The standard InChI is InChI=1S/C16H15BrN2O2/c1-21-13-4-2-3-10(9-13)15-14(18)16(20)19(15)12-7-5-11(17)6-8-12/h2-9,14-15H,18H2,1H3/t14-,15+/m0/s1. The summed E-state index contributed by atoms with van der Waals surface area (Å²) in [6.45, 7) is 0. The van der Waals surface area contributed by atoms with Gasteiger partial charge in [0.2, 0.25) is 5.91 Å². The normalized spacial score (nSPS) is 21.1. The molecule has 1 amide bonds. The van der Waals surface area contributed by atoms with E-state index in [4.69, 9.17) is 10.5 Å². The summed E-state index contributed by atoms with van der Waals surface area (Å²) in [5, 5.41) is 0. The first-order valence-electron chi connectivity index (χ1n) is 6.60. The summed E-state index contributed by atoms with van der Waals surface area (Å²) in [4.78, 5) is 13.9. The number of anilines is 1. The number of carbonyl (C=O) groups excluding carboxylic acids is 1. The van der Waals surface area contributed by atoms with Gasteiger partial charge in [-0.1, -0.05) is 28.1 Å². The van der Waals surface area contributed by atoms with E-state index in [-0.39, 0.29) is 11.9 Å². The molecule has 21 heavy (non-hydrogen) atoms. The molecule has 0 saturated carbocycles. The Labute approximate surface area is 131 Å². The molecule has 1 aliphatic heterocycles. The highest BCUT2D eigenvalue weighted by atomic mass is 79.9.